The van der Waals surface area contributed by atoms with Crippen molar-refractivity contribution in [1.82, 2.24) is 10.6 Å². The highest BCUT2D eigenvalue weighted by Crippen LogP contribution is 2.59. The first-order valence-electron chi connectivity index (χ1n) is 12.9. The third-order valence-electron chi connectivity index (χ3n) is 6.78. The molecule has 13 heteroatoms. The highest BCUT2D eigenvalue weighted by Gasteiger charge is 2.50. The lowest BCUT2D eigenvalue weighted by Gasteiger charge is -2.22. The van der Waals surface area contributed by atoms with E-state index in [2.05, 4.69) is 10.6 Å². The molecule has 3 rings (SSSR count). The van der Waals surface area contributed by atoms with E-state index in [9.17, 15) is 27.7 Å². The molecule has 6 N–H and O–H groups in total. The zero-order valence-corrected chi connectivity index (χ0v) is 23.0. The molecular weight excluding hydrogens is 547 g/mol. The molecule has 1 aliphatic rings. The Morgan fingerprint density at radius 2 is 1.70 bits per heavy atom. The van der Waals surface area contributed by atoms with Gasteiger partial charge in [-0.3, -0.25) is 18.9 Å². The molecule has 0 spiro atoms. The summed E-state index contributed by atoms with van der Waals surface area (Å²) >= 11 is 0. The minimum Gasteiger partial charge on any atom is -0.492 e. The van der Waals surface area contributed by atoms with Gasteiger partial charge in [0.05, 0.1) is 12.2 Å². The molecule has 0 unspecified atom stereocenters. The molecule has 0 saturated heterocycles. The number of carbonyl (C=O) groups excluding carboxylic acids is 3. The Kier molecular flexibility index (Phi) is 10.4. The Labute approximate surface area is 230 Å². The minimum absolute atomic E-state index is 0.00550. The molecule has 3 amide bonds. The lowest BCUT2D eigenvalue weighted by atomic mass is 9.90. The molecule has 1 aliphatic carbocycles. The average molecular weight is 582 g/mol. The van der Waals surface area contributed by atoms with Crippen molar-refractivity contribution in [3.8, 4) is 5.75 Å². The van der Waals surface area contributed by atoms with Gasteiger partial charge in [0.1, 0.15) is 11.8 Å². The molecule has 40 heavy (non-hydrogen) atoms. The van der Waals surface area contributed by atoms with Crippen molar-refractivity contribution in [3.05, 3.63) is 64.7 Å². The van der Waals surface area contributed by atoms with E-state index >= 15 is 0 Å². The summed E-state index contributed by atoms with van der Waals surface area (Å²) in [5, 5.41) is 5.18. The molecule has 2 aromatic rings. The zero-order valence-electron chi connectivity index (χ0n) is 22.1. The number of amides is 3. The van der Waals surface area contributed by atoms with Crippen LogP contribution in [0.3, 0.4) is 0 Å². The van der Waals surface area contributed by atoms with Gasteiger partial charge in [0.25, 0.3) is 5.91 Å². The standard InChI is InChI=1S/C27H34F2N3O7P/c1-17(33)32-23(14-18-7-10-21(11-8-18)27(28,29)40(36,37)38)26(35)31-15-20-9-12-24(22(13-20)25(30)34)39-16-19-5-3-2-4-6-19/h7-13,19,23H,2-6,14-16H2,1H3,(H2,30,34)(H,31,35)(H,32,33)(H2,36,37,38)/t23-/m0/s1. The van der Waals surface area contributed by atoms with E-state index in [1.54, 1.807) is 12.1 Å². The van der Waals surface area contributed by atoms with Crippen LogP contribution in [0.25, 0.3) is 0 Å². The van der Waals surface area contributed by atoms with E-state index in [0.717, 1.165) is 37.8 Å². The summed E-state index contributed by atoms with van der Waals surface area (Å²) in [6.07, 6.45) is 5.62. The number of primary amides is 1. The minimum atomic E-state index is -5.72. The summed E-state index contributed by atoms with van der Waals surface area (Å²) in [6.45, 7) is 1.72. The van der Waals surface area contributed by atoms with Gasteiger partial charge in [0.2, 0.25) is 11.8 Å². The Morgan fingerprint density at radius 1 is 1.07 bits per heavy atom. The van der Waals surface area contributed by atoms with Crippen LogP contribution in [0.2, 0.25) is 0 Å². The highest BCUT2D eigenvalue weighted by atomic mass is 31.2. The third-order valence-corrected chi connectivity index (χ3v) is 7.77. The maximum atomic E-state index is 13.9. The number of carbonyl (C=O) groups is 3. The van der Waals surface area contributed by atoms with Crippen LogP contribution in [0.1, 0.15) is 66.1 Å². The van der Waals surface area contributed by atoms with Crippen LogP contribution in [0, 0.1) is 5.92 Å². The summed E-state index contributed by atoms with van der Waals surface area (Å²) < 4.78 is 44.9. The van der Waals surface area contributed by atoms with Crippen molar-refractivity contribution < 1.29 is 42.3 Å². The summed E-state index contributed by atoms with van der Waals surface area (Å²) in [5.74, 6) is -0.941. The van der Waals surface area contributed by atoms with Crippen molar-refractivity contribution in [1.29, 1.82) is 0 Å². The third kappa shape index (κ3) is 8.33. The molecule has 0 aromatic heterocycles. The quantitative estimate of drug-likeness (QED) is 0.240. The first-order valence-corrected chi connectivity index (χ1v) is 14.5. The zero-order chi connectivity index (χ0) is 29.5. The summed E-state index contributed by atoms with van der Waals surface area (Å²) in [7, 11) is -5.72. The van der Waals surface area contributed by atoms with Crippen molar-refractivity contribution in [2.24, 2.45) is 11.7 Å². The fourth-order valence-electron chi connectivity index (χ4n) is 4.58. The van der Waals surface area contributed by atoms with E-state index in [0.29, 0.717) is 29.4 Å². The Bertz CT molecular complexity index is 1260. The predicted molar refractivity (Wildman–Crippen MR) is 143 cm³/mol. The number of benzene rings is 2. The molecule has 0 bridgehead atoms. The van der Waals surface area contributed by atoms with Gasteiger partial charge in [-0.2, -0.15) is 8.78 Å². The molecule has 0 radical (unpaired) electrons. The van der Waals surface area contributed by atoms with Gasteiger partial charge in [0.15, 0.2) is 0 Å². The molecule has 1 fully saturated rings. The van der Waals surface area contributed by atoms with Gasteiger partial charge >= 0.3 is 13.3 Å². The van der Waals surface area contributed by atoms with Crippen LogP contribution in [0.5, 0.6) is 5.75 Å². The van der Waals surface area contributed by atoms with Crippen molar-refractivity contribution in [3.63, 3.8) is 0 Å². The fraction of sp³-hybridized carbons (Fsp3) is 0.444. The number of ether oxygens (including phenoxy) is 1. The monoisotopic (exact) mass is 581 g/mol. The van der Waals surface area contributed by atoms with Gasteiger partial charge in [0, 0.05) is 25.5 Å². The van der Waals surface area contributed by atoms with Crippen LogP contribution >= 0.6 is 7.60 Å². The number of hydrogen-bond donors (Lipinski definition) is 5. The average Bonchev–Trinajstić information content (AvgIpc) is 2.90. The van der Waals surface area contributed by atoms with Crippen molar-refractivity contribution >= 4 is 25.3 Å². The smallest absolute Gasteiger partial charge is 0.399 e. The Hall–Kier alpha value is -3.34. The normalized spacial score (nSPS) is 15.2. The second kappa shape index (κ2) is 13.3. The molecule has 2 aromatic carbocycles. The van der Waals surface area contributed by atoms with Crippen LogP contribution in [0.4, 0.5) is 8.78 Å². The van der Waals surface area contributed by atoms with E-state index < -0.39 is 42.6 Å². The molecular formula is C27H34F2N3O7P. The van der Waals surface area contributed by atoms with Crippen molar-refractivity contribution in [2.45, 2.75) is 63.7 Å². The number of alkyl halides is 2. The van der Waals surface area contributed by atoms with E-state index in [-0.39, 0.29) is 18.5 Å². The Balaban J connectivity index is 1.66. The van der Waals surface area contributed by atoms with Crippen LogP contribution in [-0.2, 0) is 32.8 Å². The van der Waals surface area contributed by atoms with E-state index in [1.807, 2.05) is 0 Å². The van der Waals surface area contributed by atoms with Crippen LogP contribution in [0.15, 0.2) is 42.5 Å². The predicted octanol–water partition coefficient (Wildman–Crippen LogP) is 3.34. The van der Waals surface area contributed by atoms with Crippen LogP contribution < -0.4 is 21.1 Å². The fourth-order valence-corrected chi connectivity index (χ4v) is 5.06. The number of hydrogen-bond acceptors (Lipinski definition) is 5. The Morgan fingerprint density at radius 3 is 2.27 bits per heavy atom. The van der Waals surface area contributed by atoms with Crippen LogP contribution in [-0.4, -0.2) is 40.2 Å². The number of rotatable bonds is 12. The summed E-state index contributed by atoms with van der Waals surface area (Å²) in [4.78, 5) is 54.5. The second-order valence-corrected chi connectivity index (χ2v) is 11.6. The SMILES string of the molecule is CC(=O)N[C@@H](Cc1ccc(C(F)(F)P(=O)(O)O)cc1)C(=O)NCc1ccc(OCC2CCCCC2)c(C(N)=O)c1. The van der Waals surface area contributed by atoms with Gasteiger partial charge in [-0.1, -0.05) is 49.6 Å². The first-order chi connectivity index (χ1) is 18.8. The largest absolute Gasteiger partial charge is 0.492 e. The molecule has 10 nitrogen and oxygen atoms in total. The van der Waals surface area contributed by atoms with Gasteiger partial charge < -0.3 is 30.9 Å². The molecule has 1 saturated carbocycles. The summed E-state index contributed by atoms with van der Waals surface area (Å²) in [5.41, 5.74) is 1.45. The number of nitrogens with one attached hydrogen (secondary N) is 2. The lowest BCUT2D eigenvalue weighted by Crippen LogP contribution is -2.47. The van der Waals surface area contributed by atoms with Gasteiger partial charge in [-0.25, -0.2) is 0 Å². The molecule has 1 atom stereocenters. The number of nitrogens with two attached hydrogens (primary N) is 1. The van der Waals surface area contributed by atoms with E-state index in [1.165, 1.54) is 31.5 Å². The second-order valence-electron chi connectivity index (χ2n) is 9.97. The molecule has 218 valence electrons. The van der Waals surface area contributed by atoms with Gasteiger partial charge in [-0.15, -0.1) is 0 Å². The van der Waals surface area contributed by atoms with Crippen molar-refractivity contribution in [2.75, 3.05) is 6.61 Å². The summed E-state index contributed by atoms with van der Waals surface area (Å²) in [6, 6.07) is 7.91. The first kappa shape index (κ1) is 31.2. The highest BCUT2D eigenvalue weighted by molar-refractivity contribution is 7.52. The maximum absolute atomic E-state index is 13.9. The topological polar surface area (TPSA) is 168 Å². The maximum Gasteiger partial charge on any atom is 0.399 e. The lowest BCUT2D eigenvalue weighted by molar-refractivity contribution is -0.128. The van der Waals surface area contributed by atoms with E-state index in [4.69, 9.17) is 20.3 Å². The number of halogens is 2. The molecule has 0 heterocycles. The van der Waals surface area contributed by atoms with Gasteiger partial charge in [-0.05, 0) is 42.0 Å². The molecule has 0 aliphatic heterocycles.